The molecule has 34 heavy (non-hydrogen) atoms. The van der Waals surface area contributed by atoms with Crippen LogP contribution in [0.2, 0.25) is 0 Å². The summed E-state index contributed by atoms with van der Waals surface area (Å²) in [5.41, 5.74) is 4.55. The summed E-state index contributed by atoms with van der Waals surface area (Å²) >= 11 is 1.55. The van der Waals surface area contributed by atoms with E-state index in [9.17, 15) is 4.79 Å². The molecule has 0 aliphatic carbocycles. The van der Waals surface area contributed by atoms with Gasteiger partial charge in [-0.1, -0.05) is 18.2 Å². The van der Waals surface area contributed by atoms with Gasteiger partial charge < -0.3 is 14.4 Å². The summed E-state index contributed by atoms with van der Waals surface area (Å²) in [5.74, 6) is 1.50. The third-order valence-electron chi connectivity index (χ3n) is 5.64. The van der Waals surface area contributed by atoms with E-state index in [4.69, 9.17) is 14.5 Å². The molecule has 0 fully saturated rings. The van der Waals surface area contributed by atoms with E-state index in [1.807, 2.05) is 73.0 Å². The summed E-state index contributed by atoms with van der Waals surface area (Å²) in [7, 11) is 0. The Bertz CT molecular complexity index is 1310. The van der Waals surface area contributed by atoms with E-state index in [1.165, 1.54) is 0 Å². The molecule has 0 radical (unpaired) electrons. The minimum absolute atomic E-state index is 0.0485. The Hall–Kier alpha value is -3.71. The summed E-state index contributed by atoms with van der Waals surface area (Å²) in [6.07, 6.45) is 1.95. The van der Waals surface area contributed by atoms with Crippen molar-refractivity contribution in [2.45, 2.75) is 26.4 Å². The standard InChI is InChI=1S/C27H25N3O3S/c1-18-7-5-8-21(15-18)32-14-6-13-30-24-16-20(10-11-25(24)33-19(2)27(30)31)23-17-34-26(29-23)22-9-3-4-12-28-22/h3-5,7-12,15-17,19H,6,13-14H2,1-2H3. The number of carbonyl (C=O) groups excluding carboxylic acids is 1. The van der Waals surface area contributed by atoms with Crippen LogP contribution in [0.5, 0.6) is 11.5 Å². The molecule has 3 heterocycles. The van der Waals surface area contributed by atoms with Gasteiger partial charge in [0, 0.05) is 23.7 Å². The van der Waals surface area contributed by atoms with Gasteiger partial charge in [-0.3, -0.25) is 9.78 Å². The quantitative estimate of drug-likeness (QED) is 0.321. The van der Waals surface area contributed by atoms with E-state index in [-0.39, 0.29) is 5.91 Å². The molecule has 1 unspecified atom stereocenters. The number of pyridine rings is 1. The summed E-state index contributed by atoms with van der Waals surface area (Å²) < 4.78 is 11.8. The number of ether oxygens (including phenoxy) is 2. The predicted octanol–water partition coefficient (Wildman–Crippen LogP) is 5.76. The highest BCUT2D eigenvalue weighted by Gasteiger charge is 2.31. The zero-order valence-electron chi connectivity index (χ0n) is 19.1. The van der Waals surface area contributed by atoms with Crippen molar-refractivity contribution < 1.29 is 14.3 Å². The van der Waals surface area contributed by atoms with Gasteiger partial charge in [0.25, 0.3) is 5.91 Å². The smallest absolute Gasteiger partial charge is 0.267 e. The van der Waals surface area contributed by atoms with E-state index in [1.54, 1.807) is 29.4 Å². The number of fused-ring (bicyclic) bond motifs is 1. The second kappa shape index (κ2) is 9.65. The highest BCUT2D eigenvalue weighted by Crippen LogP contribution is 2.38. The highest BCUT2D eigenvalue weighted by atomic mass is 32.1. The molecule has 2 aromatic heterocycles. The van der Waals surface area contributed by atoms with Crippen molar-refractivity contribution in [3.05, 3.63) is 77.8 Å². The number of rotatable bonds is 7. The fourth-order valence-electron chi connectivity index (χ4n) is 3.93. The van der Waals surface area contributed by atoms with Gasteiger partial charge in [0.05, 0.1) is 23.7 Å². The van der Waals surface area contributed by atoms with Gasteiger partial charge in [0.1, 0.15) is 16.5 Å². The molecule has 5 rings (SSSR count). The largest absolute Gasteiger partial charge is 0.494 e. The van der Waals surface area contributed by atoms with Crippen LogP contribution in [-0.2, 0) is 4.79 Å². The Kier molecular flexibility index (Phi) is 6.27. The van der Waals surface area contributed by atoms with Crippen molar-refractivity contribution in [2.24, 2.45) is 0 Å². The van der Waals surface area contributed by atoms with Crippen molar-refractivity contribution in [3.63, 3.8) is 0 Å². The first-order valence-electron chi connectivity index (χ1n) is 11.3. The highest BCUT2D eigenvalue weighted by molar-refractivity contribution is 7.13. The molecular weight excluding hydrogens is 446 g/mol. The maximum Gasteiger partial charge on any atom is 0.267 e. The number of anilines is 1. The number of nitrogens with zero attached hydrogens (tertiary/aromatic N) is 3. The normalized spacial score (nSPS) is 15.1. The molecule has 0 spiro atoms. The number of aromatic nitrogens is 2. The van der Waals surface area contributed by atoms with Crippen LogP contribution in [0.1, 0.15) is 18.9 Å². The molecular formula is C27H25N3O3S. The maximum atomic E-state index is 13.0. The minimum atomic E-state index is -0.522. The summed E-state index contributed by atoms with van der Waals surface area (Å²) in [6.45, 7) is 4.90. The summed E-state index contributed by atoms with van der Waals surface area (Å²) in [6, 6.07) is 19.7. The van der Waals surface area contributed by atoms with Crippen LogP contribution in [0.3, 0.4) is 0 Å². The van der Waals surface area contributed by atoms with Crippen LogP contribution >= 0.6 is 11.3 Å². The fraction of sp³-hybridized carbons (Fsp3) is 0.222. The zero-order valence-corrected chi connectivity index (χ0v) is 19.9. The second-order valence-corrected chi connectivity index (χ2v) is 9.06. The SMILES string of the molecule is Cc1cccc(OCCCN2C(=O)C(C)Oc3ccc(-c4csc(-c5ccccn5)n4)cc32)c1. The lowest BCUT2D eigenvalue weighted by atomic mass is 10.1. The predicted molar refractivity (Wildman–Crippen MR) is 135 cm³/mol. The first kappa shape index (κ1) is 22.1. The second-order valence-electron chi connectivity index (χ2n) is 8.20. The van der Waals surface area contributed by atoms with Gasteiger partial charge >= 0.3 is 0 Å². The monoisotopic (exact) mass is 471 g/mol. The maximum absolute atomic E-state index is 13.0. The molecule has 172 valence electrons. The summed E-state index contributed by atoms with van der Waals surface area (Å²) in [5, 5.41) is 2.87. The van der Waals surface area contributed by atoms with Gasteiger partial charge in [-0.15, -0.1) is 11.3 Å². The Labute approximate surface area is 202 Å². The molecule has 1 atom stereocenters. The lowest BCUT2D eigenvalue weighted by Gasteiger charge is -2.33. The van der Waals surface area contributed by atoms with Crippen molar-refractivity contribution >= 4 is 22.9 Å². The molecule has 2 aromatic carbocycles. The molecule has 0 N–H and O–H groups in total. The van der Waals surface area contributed by atoms with Gasteiger partial charge in [-0.25, -0.2) is 4.98 Å². The third-order valence-corrected chi connectivity index (χ3v) is 6.50. The van der Waals surface area contributed by atoms with Crippen LogP contribution in [0.4, 0.5) is 5.69 Å². The first-order valence-corrected chi connectivity index (χ1v) is 12.2. The van der Waals surface area contributed by atoms with Crippen molar-refractivity contribution in [1.82, 2.24) is 9.97 Å². The van der Waals surface area contributed by atoms with E-state index in [2.05, 4.69) is 4.98 Å². The van der Waals surface area contributed by atoms with Crippen molar-refractivity contribution in [1.29, 1.82) is 0 Å². The number of hydrogen-bond acceptors (Lipinski definition) is 6. The lowest BCUT2D eigenvalue weighted by Crippen LogP contribution is -2.45. The van der Waals surface area contributed by atoms with Crippen LogP contribution in [0.25, 0.3) is 22.0 Å². The molecule has 0 bridgehead atoms. The summed E-state index contributed by atoms with van der Waals surface area (Å²) in [4.78, 5) is 23.9. The molecule has 1 aliphatic heterocycles. The van der Waals surface area contributed by atoms with Gasteiger partial charge in [-0.05, 0) is 68.3 Å². The molecule has 7 heteroatoms. The van der Waals surface area contributed by atoms with Crippen LogP contribution in [0.15, 0.2) is 72.2 Å². The molecule has 1 aliphatic rings. The van der Waals surface area contributed by atoms with E-state index < -0.39 is 6.10 Å². The Morgan fingerprint density at radius 2 is 2.00 bits per heavy atom. The Morgan fingerprint density at radius 3 is 2.82 bits per heavy atom. The van der Waals surface area contributed by atoms with Crippen LogP contribution in [0, 0.1) is 6.92 Å². The number of thiazole rings is 1. The molecule has 1 amide bonds. The van der Waals surface area contributed by atoms with Crippen molar-refractivity contribution in [2.75, 3.05) is 18.1 Å². The van der Waals surface area contributed by atoms with E-state index in [0.29, 0.717) is 25.3 Å². The number of benzene rings is 2. The number of amides is 1. The number of carbonyl (C=O) groups is 1. The average molecular weight is 472 g/mol. The van der Waals surface area contributed by atoms with Gasteiger partial charge in [0.15, 0.2) is 6.10 Å². The molecule has 4 aromatic rings. The molecule has 0 saturated heterocycles. The zero-order chi connectivity index (χ0) is 23.5. The van der Waals surface area contributed by atoms with Gasteiger partial charge in [-0.2, -0.15) is 0 Å². The Balaban J connectivity index is 1.34. The first-order chi connectivity index (χ1) is 16.6. The molecule has 6 nitrogen and oxygen atoms in total. The number of aryl methyl sites for hydroxylation is 1. The van der Waals surface area contributed by atoms with Crippen LogP contribution < -0.4 is 14.4 Å². The van der Waals surface area contributed by atoms with Gasteiger partial charge in [0.2, 0.25) is 0 Å². The minimum Gasteiger partial charge on any atom is -0.494 e. The average Bonchev–Trinajstić information content (AvgIpc) is 3.35. The van der Waals surface area contributed by atoms with Crippen molar-refractivity contribution in [3.8, 4) is 33.5 Å². The molecule has 0 saturated carbocycles. The Morgan fingerprint density at radius 1 is 1.09 bits per heavy atom. The van der Waals surface area contributed by atoms with Crippen LogP contribution in [-0.4, -0.2) is 35.1 Å². The third kappa shape index (κ3) is 4.65. The fourth-order valence-corrected chi connectivity index (χ4v) is 4.73. The topological polar surface area (TPSA) is 64.5 Å². The van der Waals surface area contributed by atoms with E-state index in [0.717, 1.165) is 39.0 Å². The lowest BCUT2D eigenvalue weighted by molar-refractivity contribution is -0.125. The van der Waals surface area contributed by atoms with E-state index >= 15 is 0 Å². The number of hydrogen-bond donors (Lipinski definition) is 0.